The summed E-state index contributed by atoms with van der Waals surface area (Å²) in [7, 11) is 0. The summed E-state index contributed by atoms with van der Waals surface area (Å²) in [6, 6.07) is 13.7. The van der Waals surface area contributed by atoms with Crippen LogP contribution in [0.25, 0.3) is 10.2 Å². The Labute approximate surface area is 167 Å². The van der Waals surface area contributed by atoms with E-state index in [0.717, 1.165) is 37.1 Å². The van der Waals surface area contributed by atoms with E-state index in [-0.39, 0.29) is 12.7 Å². The largest absolute Gasteiger partial charge is 0.454 e. The first-order valence-corrected chi connectivity index (χ1v) is 10.3. The number of carbonyl (C=O) groups is 1. The Morgan fingerprint density at radius 1 is 1.21 bits per heavy atom. The van der Waals surface area contributed by atoms with Gasteiger partial charge in [-0.05, 0) is 43.7 Å². The summed E-state index contributed by atoms with van der Waals surface area (Å²) in [5, 5.41) is 4.15. The van der Waals surface area contributed by atoms with Crippen molar-refractivity contribution in [3.63, 3.8) is 0 Å². The van der Waals surface area contributed by atoms with Gasteiger partial charge in [-0.15, -0.1) is 11.3 Å². The zero-order valence-electron chi connectivity index (χ0n) is 15.4. The molecule has 3 aromatic rings. The highest BCUT2D eigenvalue weighted by molar-refractivity contribution is 7.18. The summed E-state index contributed by atoms with van der Waals surface area (Å²) in [5.74, 6) is 1.77. The first kappa shape index (κ1) is 17.5. The fourth-order valence-electron chi connectivity index (χ4n) is 3.84. The first-order valence-electron chi connectivity index (χ1n) is 9.52. The number of anilines is 1. The van der Waals surface area contributed by atoms with Crippen LogP contribution in [0.2, 0.25) is 0 Å². The van der Waals surface area contributed by atoms with Crippen LogP contribution in [-0.4, -0.2) is 42.2 Å². The molecule has 1 aromatic heterocycles. The quantitative estimate of drug-likeness (QED) is 0.727. The van der Waals surface area contributed by atoms with Crippen LogP contribution in [-0.2, 0) is 4.79 Å². The summed E-state index contributed by atoms with van der Waals surface area (Å²) >= 11 is 1.77. The zero-order valence-corrected chi connectivity index (χ0v) is 16.2. The molecule has 144 valence electrons. The van der Waals surface area contributed by atoms with Gasteiger partial charge in [0.05, 0.1) is 21.8 Å². The number of hydrogen-bond donors (Lipinski definition) is 1. The molecule has 7 heteroatoms. The lowest BCUT2D eigenvalue weighted by atomic mass is 9.99. The highest BCUT2D eigenvalue weighted by atomic mass is 32.1. The number of hydrogen-bond acceptors (Lipinski definition) is 6. The predicted octanol–water partition coefficient (Wildman–Crippen LogP) is 3.84. The second-order valence-electron chi connectivity index (χ2n) is 7.21. The van der Waals surface area contributed by atoms with Crippen LogP contribution in [0, 0.1) is 0 Å². The van der Waals surface area contributed by atoms with Crippen LogP contribution in [0.4, 0.5) is 5.69 Å². The van der Waals surface area contributed by atoms with Gasteiger partial charge in [0, 0.05) is 24.2 Å². The second kappa shape index (κ2) is 7.41. The summed E-state index contributed by atoms with van der Waals surface area (Å²) in [6.07, 6.45) is 2.21. The number of thiazole rings is 1. The number of aromatic nitrogens is 1. The number of fused-ring (bicyclic) bond motifs is 2. The van der Waals surface area contributed by atoms with Crippen LogP contribution in [0.1, 0.15) is 23.8 Å². The third kappa shape index (κ3) is 3.55. The fourth-order valence-corrected chi connectivity index (χ4v) is 4.94. The lowest BCUT2D eigenvalue weighted by Crippen LogP contribution is -2.39. The van der Waals surface area contributed by atoms with Crippen LogP contribution in [0.15, 0.2) is 42.5 Å². The Morgan fingerprint density at radius 3 is 3.04 bits per heavy atom. The van der Waals surface area contributed by atoms with Gasteiger partial charge in [0.25, 0.3) is 0 Å². The van der Waals surface area contributed by atoms with Crippen molar-refractivity contribution in [2.75, 3.05) is 31.7 Å². The van der Waals surface area contributed by atoms with Gasteiger partial charge in [0.1, 0.15) is 0 Å². The van der Waals surface area contributed by atoms with Crippen molar-refractivity contribution in [1.82, 2.24) is 9.88 Å². The van der Waals surface area contributed by atoms with Gasteiger partial charge < -0.3 is 14.8 Å². The molecule has 0 radical (unpaired) electrons. The van der Waals surface area contributed by atoms with E-state index in [0.29, 0.717) is 24.0 Å². The van der Waals surface area contributed by atoms with Crippen molar-refractivity contribution in [3.05, 3.63) is 47.5 Å². The molecule has 2 aliphatic rings. The summed E-state index contributed by atoms with van der Waals surface area (Å²) in [4.78, 5) is 19.6. The molecule has 1 saturated heterocycles. The molecule has 6 nitrogen and oxygen atoms in total. The Morgan fingerprint density at radius 2 is 2.11 bits per heavy atom. The normalized spacial score (nSPS) is 19.1. The Kier molecular flexibility index (Phi) is 4.62. The molecular weight excluding hydrogens is 374 g/mol. The minimum Gasteiger partial charge on any atom is -0.454 e. The van der Waals surface area contributed by atoms with Gasteiger partial charge in [-0.1, -0.05) is 12.1 Å². The van der Waals surface area contributed by atoms with E-state index in [1.54, 1.807) is 17.4 Å². The molecule has 2 aromatic carbocycles. The van der Waals surface area contributed by atoms with Gasteiger partial charge in [0.2, 0.25) is 12.7 Å². The maximum Gasteiger partial charge on any atom is 0.238 e. The Bertz CT molecular complexity index is 986. The van der Waals surface area contributed by atoms with Crippen molar-refractivity contribution >= 4 is 33.1 Å². The van der Waals surface area contributed by atoms with Gasteiger partial charge in [-0.2, -0.15) is 0 Å². The highest BCUT2D eigenvalue weighted by Gasteiger charge is 2.25. The third-order valence-electron chi connectivity index (χ3n) is 5.19. The Hall–Kier alpha value is -2.64. The van der Waals surface area contributed by atoms with Crippen molar-refractivity contribution in [3.8, 4) is 11.5 Å². The lowest BCUT2D eigenvalue weighted by Gasteiger charge is -2.31. The number of piperidine rings is 1. The smallest absolute Gasteiger partial charge is 0.238 e. The number of nitrogens with one attached hydrogen (secondary N) is 1. The van der Waals surface area contributed by atoms with E-state index < -0.39 is 0 Å². The molecule has 0 spiro atoms. The van der Waals surface area contributed by atoms with Crippen molar-refractivity contribution in [1.29, 1.82) is 0 Å². The summed E-state index contributed by atoms with van der Waals surface area (Å²) in [6.45, 7) is 2.42. The standard InChI is InChI=1S/C21H21N3O3S/c25-20(22-15-7-8-17-18(10-15)27-13-26-17)12-24-9-3-4-14(11-24)21-23-16-5-1-2-6-19(16)28-21/h1-2,5-8,10,14H,3-4,9,11-13H2,(H,22,25)/t14-/m0/s1. The number of para-hydroxylation sites is 1. The number of benzene rings is 2. The highest BCUT2D eigenvalue weighted by Crippen LogP contribution is 2.35. The topological polar surface area (TPSA) is 63.7 Å². The van der Waals surface area contributed by atoms with E-state index in [9.17, 15) is 4.79 Å². The van der Waals surface area contributed by atoms with Crippen LogP contribution in [0.5, 0.6) is 11.5 Å². The SMILES string of the molecule is O=C(CN1CCC[C@H](c2nc3ccccc3s2)C1)Nc1ccc2c(c1)OCO2. The molecule has 28 heavy (non-hydrogen) atoms. The van der Waals surface area contributed by atoms with Gasteiger partial charge in [-0.3, -0.25) is 9.69 Å². The van der Waals surface area contributed by atoms with Crippen LogP contribution < -0.4 is 14.8 Å². The number of amides is 1. The average Bonchev–Trinajstić information content (AvgIpc) is 3.34. The maximum absolute atomic E-state index is 12.5. The minimum atomic E-state index is -0.0104. The summed E-state index contributed by atoms with van der Waals surface area (Å²) < 4.78 is 11.9. The molecule has 0 saturated carbocycles. The molecule has 1 amide bonds. The molecule has 2 aliphatic heterocycles. The second-order valence-corrected chi connectivity index (χ2v) is 8.27. The molecule has 1 N–H and O–H groups in total. The molecular formula is C21H21N3O3S. The van der Waals surface area contributed by atoms with Crippen LogP contribution in [0.3, 0.4) is 0 Å². The van der Waals surface area contributed by atoms with E-state index in [4.69, 9.17) is 14.5 Å². The number of ether oxygens (including phenoxy) is 2. The van der Waals surface area contributed by atoms with Crippen molar-refractivity contribution in [2.45, 2.75) is 18.8 Å². The zero-order chi connectivity index (χ0) is 18.9. The van der Waals surface area contributed by atoms with Gasteiger partial charge in [0.15, 0.2) is 11.5 Å². The van der Waals surface area contributed by atoms with Gasteiger partial charge in [-0.25, -0.2) is 4.98 Å². The number of rotatable bonds is 4. The maximum atomic E-state index is 12.5. The predicted molar refractivity (Wildman–Crippen MR) is 109 cm³/mol. The molecule has 0 unspecified atom stereocenters. The lowest BCUT2D eigenvalue weighted by molar-refractivity contribution is -0.117. The van der Waals surface area contributed by atoms with E-state index in [1.807, 2.05) is 18.2 Å². The molecule has 5 rings (SSSR count). The number of nitrogens with zero attached hydrogens (tertiary/aromatic N) is 2. The van der Waals surface area contributed by atoms with Gasteiger partial charge >= 0.3 is 0 Å². The fraction of sp³-hybridized carbons (Fsp3) is 0.333. The monoisotopic (exact) mass is 395 g/mol. The van der Waals surface area contributed by atoms with Crippen molar-refractivity contribution < 1.29 is 14.3 Å². The molecule has 0 aliphatic carbocycles. The number of likely N-dealkylation sites (tertiary alicyclic amines) is 1. The summed E-state index contributed by atoms with van der Waals surface area (Å²) in [5.41, 5.74) is 1.80. The van der Waals surface area contributed by atoms with Crippen molar-refractivity contribution in [2.24, 2.45) is 0 Å². The molecule has 0 bridgehead atoms. The van der Waals surface area contributed by atoms with E-state index in [1.165, 1.54) is 9.71 Å². The van der Waals surface area contributed by atoms with E-state index in [2.05, 4.69) is 28.4 Å². The Balaban J connectivity index is 1.22. The molecule has 1 atom stereocenters. The third-order valence-corrected chi connectivity index (χ3v) is 6.39. The first-order chi connectivity index (χ1) is 13.7. The number of carbonyl (C=O) groups excluding carboxylic acids is 1. The minimum absolute atomic E-state index is 0.0104. The average molecular weight is 395 g/mol. The molecule has 3 heterocycles. The van der Waals surface area contributed by atoms with E-state index >= 15 is 0 Å². The molecule has 1 fully saturated rings. The van der Waals surface area contributed by atoms with Crippen LogP contribution >= 0.6 is 11.3 Å².